The Bertz CT molecular complexity index is 1030. The zero-order valence-electron chi connectivity index (χ0n) is 14.5. The minimum atomic E-state index is -4.85. The summed E-state index contributed by atoms with van der Waals surface area (Å²) in [6, 6.07) is 4.44. The molecule has 1 aromatic carbocycles. The number of aryl methyl sites for hydroxylation is 1. The largest absolute Gasteiger partial charge is 0.433 e. The fourth-order valence-corrected chi connectivity index (χ4v) is 2.50. The van der Waals surface area contributed by atoms with E-state index < -0.39 is 29.4 Å². The molecule has 0 saturated carbocycles. The van der Waals surface area contributed by atoms with Crippen molar-refractivity contribution < 1.29 is 35.5 Å². The van der Waals surface area contributed by atoms with E-state index >= 15 is 0 Å². The number of benzene rings is 1. The van der Waals surface area contributed by atoms with Gasteiger partial charge in [0.1, 0.15) is 17.8 Å². The normalized spacial score (nSPS) is 12.3. The summed E-state index contributed by atoms with van der Waals surface area (Å²) >= 11 is 0. The van der Waals surface area contributed by atoms with E-state index in [-0.39, 0.29) is 29.4 Å². The maximum absolute atomic E-state index is 13.4. The minimum Gasteiger partial charge on any atom is -0.419 e. The summed E-state index contributed by atoms with van der Waals surface area (Å²) < 4.78 is 96.0. The van der Waals surface area contributed by atoms with Crippen LogP contribution in [0.25, 0.3) is 0 Å². The molecule has 0 aliphatic heterocycles. The lowest BCUT2D eigenvalue weighted by atomic mass is 10.1. The maximum Gasteiger partial charge on any atom is 0.433 e. The van der Waals surface area contributed by atoms with Crippen molar-refractivity contribution >= 4 is 0 Å². The number of halogens is 7. The van der Waals surface area contributed by atoms with Gasteiger partial charge in [0.2, 0.25) is 11.8 Å². The van der Waals surface area contributed by atoms with Crippen LogP contribution in [0.2, 0.25) is 0 Å². The zero-order valence-corrected chi connectivity index (χ0v) is 14.5. The summed E-state index contributed by atoms with van der Waals surface area (Å²) in [5, 5.41) is 3.58. The van der Waals surface area contributed by atoms with E-state index in [0.29, 0.717) is 22.9 Å². The van der Waals surface area contributed by atoms with E-state index in [0.717, 1.165) is 13.4 Å². The number of nitrogens with zero attached hydrogens (tertiary/aromatic N) is 4. The highest BCUT2D eigenvalue weighted by molar-refractivity contribution is 5.31. The van der Waals surface area contributed by atoms with Crippen molar-refractivity contribution in [3.8, 4) is 11.8 Å². The third-order valence-corrected chi connectivity index (χ3v) is 3.78. The molecule has 0 fully saturated rings. The van der Waals surface area contributed by atoms with Gasteiger partial charge in [0.05, 0.1) is 11.3 Å². The van der Waals surface area contributed by atoms with Crippen LogP contribution in [0, 0.1) is 5.82 Å². The zero-order chi connectivity index (χ0) is 21.4. The Balaban J connectivity index is 1.81. The summed E-state index contributed by atoms with van der Waals surface area (Å²) in [4.78, 5) is 7.63. The van der Waals surface area contributed by atoms with Crippen molar-refractivity contribution in [2.45, 2.75) is 18.8 Å². The molecule has 0 saturated heterocycles. The van der Waals surface area contributed by atoms with Gasteiger partial charge in [-0.15, -0.1) is 5.10 Å². The van der Waals surface area contributed by atoms with Crippen LogP contribution in [-0.4, -0.2) is 19.7 Å². The van der Waals surface area contributed by atoms with E-state index in [1.54, 1.807) is 0 Å². The van der Waals surface area contributed by atoms with Gasteiger partial charge in [0.15, 0.2) is 0 Å². The van der Waals surface area contributed by atoms with Gasteiger partial charge in [-0.25, -0.2) is 14.4 Å². The number of ether oxygens (including phenoxy) is 1. The molecule has 29 heavy (non-hydrogen) atoms. The lowest BCUT2D eigenvalue weighted by Crippen LogP contribution is -2.11. The Kier molecular flexibility index (Phi) is 5.20. The maximum atomic E-state index is 13.4. The molecule has 3 rings (SSSR count). The summed E-state index contributed by atoms with van der Waals surface area (Å²) in [6.45, 7) is 0. The molecule has 0 aliphatic carbocycles. The van der Waals surface area contributed by atoms with Gasteiger partial charge in [0, 0.05) is 25.6 Å². The van der Waals surface area contributed by atoms with Gasteiger partial charge in [-0.2, -0.15) is 26.3 Å². The monoisotopic (exact) mass is 420 g/mol. The molecular weight excluding hydrogens is 409 g/mol. The lowest BCUT2D eigenvalue weighted by Gasteiger charge is -2.10. The Hall–Kier alpha value is -3.18. The molecule has 0 amide bonds. The standard InChI is InChI=1S/C17H11F7N4O/c1-28-13(17(22,23)24)7-15(27-28)29-14-6-10(25-8-26-14)4-9-2-3-12(18)11(5-9)16(19,20)21/h2-3,5-8H,4H2,1H3. The van der Waals surface area contributed by atoms with Gasteiger partial charge in [0.25, 0.3) is 0 Å². The van der Waals surface area contributed by atoms with Crippen LogP contribution in [-0.2, 0) is 25.8 Å². The molecule has 0 spiro atoms. The van der Waals surface area contributed by atoms with Crippen molar-refractivity contribution in [1.29, 1.82) is 0 Å². The van der Waals surface area contributed by atoms with Gasteiger partial charge < -0.3 is 4.74 Å². The van der Waals surface area contributed by atoms with Crippen LogP contribution in [0.4, 0.5) is 30.7 Å². The second kappa shape index (κ2) is 7.33. The molecule has 5 nitrogen and oxygen atoms in total. The quantitative estimate of drug-likeness (QED) is 0.571. The van der Waals surface area contributed by atoms with Gasteiger partial charge in [-0.1, -0.05) is 6.07 Å². The lowest BCUT2D eigenvalue weighted by molar-refractivity contribution is -0.143. The number of aromatic nitrogens is 4. The second-order valence-electron chi connectivity index (χ2n) is 5.93. The van der Waals surface area contributed by atoms with Crippen LogP contribution in [0.1, 0.15) is 22.5 Å². The number of hydrogen-bond donors (Lipinski definition) is 0. The fourth-order valence-electron chi connectivity index (χ4n) is 2.50. The van der Waals surface area contributed by atoms with Crippen molar-refractivity contribution in [3.63, 3.8) is 0 Å². The van der Waals surface area contributed by atoms with Crippen molar-refractivity contribution in [2.24, 2.45) is 7.05 Å². The molecule has 12 heteroatoms. The fraction of sp³-hybridized carbons (Fsp3) is 0.235. The molecule has 154 valence electrons. The predicted molar refractivity (Wildman–Crippen MR) is 84.5 cm³/mol. The average Bonchev–Trinajstić information content (AvgIpc) is 2.96. The molecule has 0 unspecified atom stereocenters. The van der Waals surface area contributed by atoms with Crippen LogP contribution < -0.4 is 4.74 Å². The first-order valence-electron chi connectivity index (χ1n) is 7.89. The third-order valence-electron chi connectivity index (χ3n) is 3.78. The van der Waals surface area contributed by atoms with Crippen LogP contribution in [0.5, 0.6) is 11.8 Å². The van der Waals surface area contributed by atoms with Crippen molar-refractivity contribution in [3.05, 3.63) is 65.0 Å². The number of hydrogen-bond acceptors (Lipinski definition) is 4. The predicted octanol–water partition coefficient (Wildman–Crippen LogP) is 4.77. The summed E-state index contributed by atoms with van der Waals surface area (Å²) in [5.74, 6) is -1.92. The van der Waals surface area contributed by atoms with E-state index in [9.17, 15) is 30.7 Å². The summed E-state index contributed by atoms with van der Waals surface area (Å²) in [6.07, 6.45) is -8.56. The van der Waals surface area contributed by atoms with Gasteiger partial charge in [-0.3, -0.25) is 4.68 Å². The molecule has 0 bridgehead atoms. The second-order valence-corrected chi connectivity index (χ2v) is 5.93. The molecule has 0 radical (unpaired) electrons. The number of alkyl halides is 6. The van der Waals surface area contributed by atoms with Crippen LogP contribution >= 0.6 is 0 Å². The Labute approximate surface area is 158 Å². The first-order chi connectivity index (χ1) is 13.4. The Morgan fingerprint density at radius 2 is 1.66 bits per heavy atom. The first-order valence-corrected chi connectivity index (χ1v) is 7.89. The first kappa shape index (κ1) is 20.6. The van der Waals surface area contributed by atoms with Crippen molar-refractivity contribution in [1.82, 2.24) is 19.7 Å². The summed E-state index contributed by atoms with van der Waals surface area (Å²) in [7, 11) is 1.09. The van der Waals surface area contributed by atoms with E-state index in [1.807, 2.05) is 0 Å². The highest BCUT2D eigenvalue weighted by Gasteiger charge is 2.35. The SMILES string of the molecule is Cn1nc(Oc2cc(Cc3ccc(F)c(C(F)(F)F)c3)ncn2)cc1C(F)(F)F. The molecule has 2 aromatic heterocycles. The molecule has 0 atom stereocenters. The highest BCUT2D eigenvalue weighted by atomic mass is 19.4. The van der Waals surface area contributed by atoms with E-state index in [4.69, 9.17) is 4.74 Å². The van der Waals surface area contributed by atoms with E-state index in [2.05, 4.69) is 15.1 Å². The van der Waals surface area contributed by atoms with Gasteiger partial charge >= 0.3 is 12.4 Å². The summed E-state index contributed by atoms with van der Waals surface area (Å²) in [5.41, 5.74) is -2.11. The van der Waals surface area contributed by atoms with Crippen LogP contribution in [0.3, 0.4) is 0 Å². The smallest absolute Gasteiger partial charge is 0.419 e. The molecule has 3 aromatic rings. The molecule has 0 N–H and O–H groups in total. The number of rotatable bonds is 4. The Morgan fingerprint density at radius 1 is 0.931 bits per heavy atom. The molecular formula is C17H11F7N4O. The van der Waals surface area contributed by atoms with Crippen LogP contribution in [0.15, 0.2) is 36.7 Å². The van der Waals surface area contributed by atoms with Crippen molar-refractivity contribution in [2.75, 3.05) is 0 Å². The van der Waals surface area contributed by atoms with E-state index in [1.165, 1.54) is 12.1 Å². The molecule has 0 aliphatic rings. The average molecular weight is 420 g/mol. The highest BCUT2D eigenvalue weighted by Crippen LogP contribution is 2.33. The van der Waals surface area contributed by atoms with Gasteiger partial charge in [-0.05, 0) is 17.7 Å². The Morgan fingerprint density at radius 3 is 2.28 bits per heavy atom. The molecule has 2 heterocycles. The minimum absolute atomic E-state index is 0.113. The third kappa shape index (κ3) is 4.81. The topological polar surface area (TPSA) is 52.8 Å².